The first-order valence-corrected chi connectivity index (χ1v) is 19.8. The molecule has 2 heteroatoms. The SMILES string of the molecule is CC1(C)c2ccccc2-c2cc3c(N(c4ccc(-c5ccccc5-c5ccccc5)cc4)c4ccc5oc6ccccc6c5c4)ccc(-c4ccccc4)c3cc21. The van der Waals surface area contributed by atoms with Crippen LogP contribution in [0.15, 0.2) is 205 Å². The fourth-order valence-corrected chi connectivity index (χ4v) is 9.26. The Bertz CT molecular complexity index is 3140. The number of furan rings is 1. The minimum atomic E-state index is -0.122. The quantitative estimate of drug-likeness (QED) is 0.169. The maximum atomic E-state index is 6.33. The van der Waals surface area contributed by atoms with Crippen molar-refractivity contribution in [3.8, 4) is 44.5 Å². The highest BCUT2D eigenvalue weighted by Crippen LogP contribution is 2.53. The highest BCUT2D eigenvalue weighted by molar-refractivity contribution is 6.11. The van der Waals surface area contributed by atoms with Gasteiger partial charge >= 0.3 is 0 Å². The second-order valence-electron chi connectivity index (χ2n) is 15.7. The molecule has 1 aromatic heterocycles. The lowest BCUT2D eigenvalue weighted by atomic mass is 9.81. The van der Waals surface area contributed by atoms with Crippen molar-refractivity contribution in [3.05, 3.63) is 211 Å². The molecule has 0 radical (unpaired) electrons. The van der Waals surface area contributed by atoms with E-state index in [0.29, 0.717) is 0 Å². The standard InChI is InChI=1S/C55H39NO/c1-55(2)50-23-13-11-21-44(50)47-34-48-46(35-51(47)55)43(37-17-7-4-8-18-37)30-31-52(48)56(40-29-32-54-49(33-40)45-22-12-14-24-53(45)57-54)39-27-25-38(26-28-39)42-20-10-9-19-41(42)36-15-5-3-6-16-36/h3-35H,1-2H3. The van der Waals surface area contributed by atoms with Crippen LogP contribution in [0, 0.1) is 0 Å². The summed E-state index contributed by atoms with van der Waals surface area (Å²) in [4.78, 5) is 2.43. The molecular formula is C55H39NO. The molecule has 0 bridgehead atoms. The van der Waals surface area contributed by atoms with E-state index in [1.54, 1.807) is 0 Å². The van der Waals surface area contributed by atoms with E-state index < -0.39 is 0 Å². The van der Waals surface area contributed by atoms with Gasteiger partial charge in [0.05, 0.1) is 5.69 Å². The third-order valence-electron chi connectivity index (χ3n) is 12.1. The normalized spacial score (nSPS) is 12.9. The Morgan fingerprint density at radius 1 is 0.351 bits per heavy atom. The molecule has 9 aromatic carbocycles. The number of hydrogen-bond donors (Lipinski definition) is 0. The Labute approximate surface area is 332 Å². The summed E-state index contributed by atoms with van der Waals surface area (Å²) in [6.07, 6.45) is 0. The van der Waals surface area contributed by atoms with Crippen molar-refractivity contribution in [2.24, 2.45) is 0 Å². The molecule has 0 saturated carbocycles. The molecular weight excluding hydrogens is 691 g/mol. The number of fused-ring (bicyclic) bond motifs is 7. The molecule has 1 aliphatic rings. The highest BCUT2D eigenvalue weighted by Gasteiger charge is 2.36. The van der Waals surface area contributed by atoms with E-state index in [2.05, 4.69) is 213 Å². The lowest BCUT2D eigenvalue weighted by molar-refractivity contribution is 0.661. The van der Waals surface area contributed by atoms with Gasteiger partial charge in [0.2, 0.25) is 0 Å². The van der Waals surface area contributed by atoms with Gasteiger partial charge in [0.1, 0.15) is 11.2 Å². The summed E-state index contributed by atoms with van der Waals surface area (Å²) in [5.74, 6) is 0. The maximum Gasteiger partial charge on any atom is 0.135 e. The minimum absolute atomic E-state index is 0.122. The van der Waals surface area contributed by atoms with Gasteiger partial charge in [-0.1, -0.05) is 159 Å². The van der Waals surface area contributed by atoms with Crippen LogP contribution >= 0.6 is 0 Å². The van der Waals surface area contributed by atoms with E-state index in [1.807, 2.05) is 6.07 Å². The van der Waals surface area contributed by atoms with Gasteiger partial charge in [-0.2, -0.15) is 0 Å². The molecule has 0 unspecified atom stereocenters. The predicted molar refractivity (Wildman–Crippen MR) is 240 cm³/mol. The Morgan fingerprint density at radius 3 is 1.67 bits per heavy atom. The Balaban J connectivity index is 1.16. The largest absolute Gasteiger partial charge is 0.456 e. The molecule has 0 fully saturated rings. The molecule has 0 saturated heterocycles. The number of benzene rings is 9. The van der Waals surface area contributed by atoms with E-state index in [4.69, 9.17) is 4.42 Å². The van der Waals surface area contributed by atoms with E-state index >= 15 is 0 Å². The van der Waals surface area contributed by atoms with Crippen LogP contribution in [-0.4, -0.2) is 0 Å². The van der Waals surface area contributed by atoms with Crippen molar-refractivity contribution in [1.29, 1.82) is 0 Å². The summed E-state index contributed by atoms with van der Waals surface area (Å²) in [6, 6.07) is 72.7. The van der Waals surface area contributed by atoms with Crippen LogP contribution in [0.3, 0.4) is 0 Å². The average Bonchev–Trinajstić information content (AvgIpc) is 3.75. The summed E-state index contributed by atoms with van der Waals surface area (Å²) < 4.78 is 6.33. The first-order chi connectivity index (χ1) is 28.0. The minimum Gasteiger partial charge on any atom is -0.456 e. The summed E-state index contributed by atoms with van der Waals surface area (Å²) >= 11 is 0. The van der Waals surface area contributed by atoms with Gasteiger partial charge in [0.15, 0.2) is 0 Å². The number of hydrogen-bond acceptors (Lipinski definition) is 2. The molecule has 0 spiro atoms. The average molecular weight is 730 g/mol. The van der Waals surface area contributed by atoms with Crippen molar-refractivity contribution in [2.75, 3.05) is 4.90 Å². The summed E-state index contributed by atoms with van der Waals surface area (Å²) in [7, 11) is 0. The summed E-state index contributed by atoms with van der Waals surface area (Å²) in [5.41, 5.74) is 17.5. The van der Waals surface area contributed by atoms with Gasteiger partial charge in [0, 0.05) is 32.9 Å². The molecule has 11 rings (SSSR count). The Hall–Kier alpha value is -7.16. The molecule has 0 amide bonds. The molecule has 10 aromatic rings. The van der Waals surface area contributed by atoms with Crippen molar-refractivity contribution in [3.63, 3.8) is 0 Å². The van der Waals surface area contributed by atoms with E-state index in [1.165, 1.54) is 66.4 Å². The van der Waals surface area contributed by atoms with Crippen molar-refractivity contribution in [2.45, 2.75) is 19.3 Å². The predicted octanol–water partition coefficient (Wildman–Crippen LogP) is 15.5. The molecule has 1 aliphatic carbocycles. The van der Waals surface area contributed by atoms with Crippen LogP contribution in [0.1, 0.15) is 25.0 Å². The molecule has 270 valence electrons. The topological polar surface area (TPSA) is 16.4 Å². The zero-order valence-corrected chi connectivity index (χ0v) is 31.9. The van der Waals surface area contributed by atoms with Crippen LogP contribution in [0.5, 0.6) is 0 Å². The first-order valence-electron chi connectivity index (χ1n) is 19.8. The van der Waals surface area contributed by atoms with Gasteiger partial charge < -0.3 is 9.32 Å². The molecule has 2 nitrogen and oxygen atoms in total. The molecule has 1 heterocycles. The first kappa shape index (κ1) is 33.2. The van der Waals surface area contributed by atoms with Crippen LogP contribution < -0.4 is 4.90 Å². The van der Waals surface area contributed by atoms with E-state index in [0.717, 1.165) is 39.0 Å². The van der Waals surface area contributed by atoms with Crippen LogP contribution in [0.2, 0.25) is 0 Å². The molecule has 0 aliphatic heterocycles. The number of rotatable bonds is 6. The number of nitrogens with zero attached hydrogens (tertiary/aromatic N) is 1. The summed E-state index contributed by atoms with van der Waals surface area (Å²) in [5, 5.41) is 4.66. The van der Waals surface area contributed by atoms with Gasteiger partial charge in [-0.15, -0.1) is 0 Å². The smallest absolute Gasteiger partial charge is 0.135 e. The zero-order chi connectivity index (χ0) is 38.1. The fourth-order valence-electron chi connectivity index (χ4n) is 9.26. The summed E-state index contributed by atoms with van der Waals surface area (Å²) in [6.45, 7) is 4.73. The Morgan fingerprint density at radius 2 is 0.930 bits per heavy atom. The monoisotopic (exact) mass is 729 g/mol. The van der Waals surface area contributed by atoms with Gasteiger partial charge in [-0.25, -0.2) is 0 Å². The number of para-hydroxylation sites is 1. The lowest BCUT2D eigenvalue weighted by Gasteiger charge is -2.29. The van der Waals surface area contributed by atoms with Crippen LogP contribution in [0.4, 0.5) is 17.1 Å². The van der Waals surface area contributed by atoms with Crippen LogP contribution in [0.25, 0.3) is 77.2 Å². The van der Waals surface area contributed by atoms with Gasteiger partial charge in [-0.3, -0.25) is 0 Å². The third-order valence-corrected chi connectivity index (χ3v) is 12.1. The highest BCUT2D eigenvalue weighted by atomic mass is 16.3. The van der Waals surface area contributed by atoms with Gasteiger partial charge in [-0.05, 0) is 116 Å². The lowest BCUT2D eigenvalue weighted by Crippen LogP contribution is -2.15. The van der Waals surface area contributed by atoms with Gasteiger partial charge in [0.25, 0.3) is 0 Å². The zero-order valence-electron chi connectivity index (χ0n) is 31.9. The Kier molecular flexibility index (Phi) is 7.55. The molecule has 57 heavy (non-hydrogen) atoms. The molecule has 0 N–H and O–H groups in total. The second kappa shape index (κ2) is 13.0. The van der Waals surface area contributed by atoms with E-state index in [9.17, 15) is 0 Å². The van der Waals surface area contributed by atoms with Crippen molar-refractivity contribution in [1.82, 2.24) is 0 Å². The second-order valence-corrected chi connectivity index (χ2v) is 15.7. The number of anilines is 3. The fraction of sp³-hybridized carbons (Fsp3) is 0.0545. The van der Waals surface area contributed by atoms with Crippen molar-refractivity contribution < 1.29 is 4.42 Å². The maximum absolute atomic E-state index is 6.33. The third kappa shape index (κ3) is 5.33. The van der Waals surface area contributed by atoms with E-state index in [-0.39, 0.29) is 5.41 Å². The van der Waals surface area contributed by atoms with Crippen molar-refractivity contribution >= 4 is 49.8 Å². The van der Waals surface area contributed by atoms with Crippen LogP contribution in [-0.2, 0) is 5.41 Å². The molecule has 0 atom stereocenters.